The smallest absolute Gasteiger partial charge is 0.505 e. The van der Waals surface area contributed by atoms with Crippen LogP contribution in [0.5, 0.6) is 11.5 Å². The van der Waals surface area contributed by atoms with Gasteiger partial charge in [0.25, 0.3) is 0 Å². The van der Waals surface area contributed by atoms with Crippen LogP contribution in [0.15, 0.2) is 36.4 Å². The number of benzene rings is 2. The van der Waals surface area contributed by atoms with Crippen LogP contribution in [0.1, 0.15) is 21.3 Å². The van der Waals surface area contributed by atoms with Crippen molar-refractivity contribution in [3.8, 4) is 11.5 Å². The van der Waals surface area contributed by atoms with E-state index in [9.17, 15) is 18.4 Å². The van der Waals surface area contributed by atoms with E-state index in [1.54, 1.807) is 13.8 Å². The molecule has 0 spiro atoms. The predicted octanol–water partition coefficient (Wildman–Crippen LogP) is 7.22. The summed E-state index contributed by atoms with van der Waals surface area (Å²) in [6.45, 7) is 3.84. The molecule has 6 nitrogen and oxygen atoms in total. The van der Waals surface area contributed by atoms with Gasteiger partial charge in [0, 0.05) is 21.6 Å². The van der Waals surface area contributed by atoms with E-state index in [0.29, 0.717) is 6.61 Å². The molecule has 2 aromatic rings. The minimum absolute atomic E-state index is 0. The molecule has 0 bridgehead atoms. The Labute approximate surface area is 188 Å². The van der Waals surface area contributed by atoms with E-state index in [2.05, 4.69) is 14.2 Å². The summed E-state index contributed by atoms with van der Waals surface area (Å²) in [7, 11) is 0. The molecule has 0 saturated heterocycles. The molecule has 11 heteroatoms. The number of halogens is 5. The molecule has 0 aromatic heterocycles. The van der Waals surface area contributed by atoms with Gasteiger partial charge >= 0.3 is 11.6 Å². The van der Waals surface area contributed by atoms with Gasteiger partial charge in [-0.25, -0.2) is 18.4 Å². The highest BCUT2D eigenvalue weighted by molar-refractivity contribution is 6.61. The monoisotopic (exact) mass is 488 g/mol. The molecule has 0 aliphatic rings. The molecule has 1 N–H and O–H groups in total. The molecule has 2 aromatic carbocycles. The first-order valence-corrected chi connectivity index (χ1v) is 8.99. The first-order valence-electron chi connectivity index (χ1n) is 7.86. The first-order chi connectivity index (χ1) is 13.6. The topological polar surface area (TPSA) is 82.1 Å². The summed E-state index contributed by atoms with van der Waals surface area (Å²) in [5.41, 5.74) is -0.738. The van der Waals surface area contributed by atoms with Crippen LogP contribution in [-0.4, -0.2) is 29.9 Å². The molecule has 0 aliphatic heterocycles. The molecule has 0 amide bonds. The number of hydrogen-bond acceptors (Lipinski definition) is 6. The zero-order chi connectivity index (χ0) is 22.4. The highest BCUT2D eigenvalue weighted by atomic mass is 35.5. The van der Waals surface area contributed by atoms with Crippen molar-refractivity contribution in [1.29, 1.82) is 0 Å². The minimum atomic E-state index is -0.936. The Morgan fingerprint density at radius 1 is 0.933 bits per heavy atom. The van der Waals surface area contributed by atoms with Gasteiger partial charge in [0.05, 0.1) is 13.2 Å². The molecule has 0 radical (unpaired) electrons. The summed E-state index contributed by atoms with van der Waals surface area (Å²) < 4.78 is 38.5. The van der Waals surface area contributed by atoms with Crippen molar-refractivity contribution in [2.45, 2.75) is 21.3 Å². The Kier molecular flexibility index (Phi) is 16.5. The third-order valence-electron chi connectivity index (χ3n) is 2.52. The summed E-state index contributed by atoms with van der Waals surface area (Å²) in [5, 5.41) is 9.13. The van der Waals surface area contributed by atoms with Crippen LogP contribution in [0.3, 0.4) is 0 Å². The Morgan fingerprint density at radius 2 is 1.43 bits per heavy atom. The Balaban J connectivity index is 0. The van der Waals surface area contributed by atoms with E-state index in [0.717, 1.165) is 12.1 Å². The maximum atomic E-state index is 13.0. The van der Waals surface area contributed by atoms with Crippen molar-refractivity contribution >= 4 is 46.4 Å². The van der Waals surface area contributed by atoms with E-state index in [1.807, 2.05) is 0 Å². The second-order valence-corrected chi connectivity index (χ2v) is 5.81. The molecular weight excluding hydrogens is 469 g/mol. The fourth-order valence-corrected chi connectivity index (χ4v) is 1.82. The van der Waals surface area contributed by atoms with Gasteiger partial charge in [-0.1, -0.05) is 30.6 Å². The second kappa shape index (κ2) is 16.5. The number of carbonyl (C=O) groups is 2. The standard InChI is InChI=1S/C9H8ClFO3.C6H4ClFO.C3H5ClO2.CH4/c1-2-13-9(12)14-8-4-3-6(10)5-7(8)11;7-4-1-2-6(9)5(8)3-4;1-2-6-3(4)5;/h3-5H,2H2,1H3;1-3,9H;2H2,1H3;1H4. The average molecular weight is 490 g/mol. The van der Waals surface area contributed by atoms with Crippen LogP contribution in [0.2, 0.25) is 10.0 Å². The normalized spacial score (nSPS) is 8.90. The van der Waals surface area contributed by atoms with E-state index in [-0.39, 0.29) is 35.6 Å². The summed E-state index contributed by atoms with van der Waals surface area (Å²) in [6.07, 6.45) is -0.936. The lowest BCUT2D eigenvalue weighted by Crippen LogP contribution is -2.10. The third-order valence-corrected chi connectivity index (χ3v) is 3.10. The summed E-state index contributed by atoms with van der Waals surface area (Å²) in [5.74, 6) is -1.97. The zero-order valence-corrected chi connectivity index (χ0v) is 17.5. The molecule has 0 saturated carbocycles. The lowest BCUT2D eigenvalue weighted by molar-refractivity contribution is 0.103. The first kappa shape index (κ1) is 29.9. The van der Waals surface area contributed by atoms with Crippen LogP contribution in [0.4, 0.5) is 18.4 Å². The number of rotatable bonds is 3. The Hall–Kier alpha value is -2.29. The molecule has 168 valence electrons. The number of phenols is 1. The number of hydrogen-bond donors (Lipinski definition) is 1. The van der Waals surface area contributed by atoms with Crippen molar-refractivity contribution in [1.82, 2.24) is 0 Å². The van der Waals surface area contributed by atoms with E-state index in [4.69, 9.17) is 39.9 Å². The fraction of sp³-hybridized carbons (Fsp3) is 0.263. The summed E-state index contributed by atoms with van der Waals surface area (Å²) in [6, 6.07) is 7.40. The van der Waals surface area contributed by atoms with Crippen molar-refractivity contribution in [2.75, 3.05) is 13.2 Å². The van der Waals surface area contributed by atoms with Gasteiger partial charge in [-0.3, -0.25) is 0 Å². The van der Waals surface area contributed by atoms with Crippen LogP contribution < -0.4 is 4.74 Å². The maximum absolute atomic E-state index is 13.0. The number of aromatic hydroxyl groups is 1. The van der Waals surface area contributed by atoms with Crippen molar-refractivity contribution in [3.05, 3.63) is 58.1 Å². The number of carbonyl (C=O) groups excluding carboxylic acids is 2. The van der Waals surface area contributed by atoms with Crippen LogP contribution in [-0.2, 0) is 9.47 Å². The molecule has 30 heavy (non-hydrogen) atoms. The summed E-state index contributed by atoms with van der Waals surface area (Å²) >= 11 is 15.6. The largest absolute Gasteiger partial charge is 0.513 e. The van der Waals surface area contributed by atoms with Gasteiger partial charge in [0.15, 0.2) is 23.1 Å². The maximum Gasteiger partial charge on any atom is 0.513 e. The molecule has 0 unspecified atom stereocenters. The zero-order valence-electron chi connectivity index (χ0n) is 15.3. The van der Waals surface area contributed by atoms with E-state index < -0.39 is 23.2 Å². The van der Waals surface area contributed by atoms with Gasteiger partial charge in [-0.15, -0.1) is 0 Å². The number of ether oxygens (including phenoxy) is 3. The molecular formula is C19H21Cl3F2O6. The van der Waals surface area contributed by atoms with Gasteiger partial charge in [-0.05, 0) is 50.2 Å². The Bertz CT molecular complexity index is 806. The van der Waals surface area contributed by atoms with Crippen molar-refractivity contribution < 1.29 is 37.7 Å². The molecule has 2 rings (SSSR count). The van der Waals surface area contributed by atoms with Crippen molar-refractivity contribution in [2.24, 2.45) is 0 Å². The minimum Gasteiger partial charge on any atom is -0.505 e. The molecule has 0 fully saturated rings. The lowest BCUT2D eigenvalue weighted by Gasteiger charge is -2.04. The van der Waals surface area contributed by atoms with Crippen molar-refractivity contribution in [3.63, 3.8) is 0 Å². The summed E-state index contributed by atoms with van der Waals surface area (Å²) in [4.78, 5) is 20.4. The predicted molar refractivity (Wildman–Crippen MR) is 112 cm³/mol. The quantitative estimate of drug-likeness (QED) is 0.278. The average Bonchev–Trinajstić information content (AvgIpc) is 2.62. The fourth-order valence-electron chi connectivity index (χ4n) is 1.39. The SMILES string of the molecule is C.CCOC(=O)Cl.CCOC(=O)Oc1ccc(Cl)cc1F.Oc1ccc(Cl)cc1F. The van der Waals surface area contributed by atoms with Gasteiger partial charge in [0.1, 0.15) is 0 Å². The number of phenolic OH excluding ortho intramolecular Hbond substituents is 1. The lowest BCUT2D eigenvalue weighted by atomic mass is 10.3. The molecule has 0 aliphatic carbocycles. The Morgan fingerprint density at radius 3 is 1.80 bits per heavy atom. The van der Waals surface area contributed by atoms with Gasteiger partial charge < -0.3 is 19.3 Å². The van der Waals surface area contributed by atoms with Crippen LogP contribution in [0, 0.1) is 11.6 Å². The van der Waals surface area contributed by atoms with E-state index >= 15 is 0 Å². The molecule has 0 heterocycles. The third kappa shape index (κ3) is 13.8. The second-order valence-electron chi connectivity index (χ2n) is 4.63. The van der Waals surface area contributed by atoms with E-state index in [1.165, 1.54) is 24.3 Å². The highest BCUT2D eigenvalue weighted by Crippen LogP contribution is 2.21. The molecule has 0 atom stereocenters. The highest BCUT2D eigenvalue weighted by Gasteiger charge is 2.09. The van der Waals surface area contributed by atoms with Gasteiger partial charge in [-0.2, -0.15) is 0 Å². The van der Waals surface area contributed by atoms with Crippen LogP contribution in [0.25, 0.3) is 0 Å². The van der Waals surface area contributed by atoms with Crippen LogP contribution >= 0.6 is 34.8 Å². The van der Waals surface area contributed by atoms with Gasteiger partial charge in [0.2, 0.25) is 0 Å².